The lowest BCUT2D eigenvalue weighted by Crippen LogP contribution is -2.52. The van der Waals surface area contributed by atoms with Crippen molar-refractivity contribution in [3.63, 3.8) is 0 Å². The number of likely N-dealkylation sites (tertiary alicyclic amines) is 1. The molecule has 0 unspecified atom stereocenters. The lowest BCUT2D eigenvalue weighted by Gasteiger charge is -2.39. The van der Waals surface area contributed by atoms with Gasteiger partial charge in [-0.25, -0.2) is 4.79 Å². The van der Waals surface area contributed by atoms with Crippen LogP contribution in [-0.4, -0.2) is 68.7 Å². The zero-order valence-electron chi connectivity index (χ0n) is 15.6. The van der Waals surface area contributed by atoms with Gasteiger partial charge >= 0.3 is 6.03 Å². The summed E-state index contributed by atoms with van der Waals surface area (Å²) in [6.45, 7) is 3.51. The number of benzene rings is 1. The van der Waals surface area contributed by atoms with Crippen LogP contribution in [0.3, 0.4) is 0 Å². The van der Waals surface area contributed by atoms with Gasteiger partial charge in [0, 0.05) is 51.9 Å². The summed E-state index contributed by atoms with van der Waals surface area (Å²) >= 11 is 0. The van der Waals surface area contributed by atoms with Gasteiger partial charge in [0.1, 0.15) is 0 Å². The van der Waals surface area contributed by atoms with Gasteiger partial charge < -0.3 is 19.4 Å². The summed E-state index contributed by atoms with van der Waals surface area (Å²) in [6.07, 6.45) is 2.41. The van der Waals surface area contributed by atoms with Crippen molar-refractivity contribution in [3.8, 4) is 0 Å². The van der Waals surface area contributed by atoms with E-state index in [0.717, 1.165) is 37.4 Å². The molecule has 0 bridgehead atoms. The molecule has 1 aromatic carbocycles. The minimum absolute atomic E-state index is 0.0264. The minimum atomic E-state index is -0.473. The van der Waals surface area contributed by atoms with Crippen LogP contribution >= 0.6 is 0 Å². The average Bonchev–Trinajstić information content (AvgIpc) is 3.24. The molecule has 2 saturated heterocycles. The van der Waals surface area contributed by atoms with Gasteiger partial charge in [-0.2, -0.15) is 0 Å². The number of rotatable bonds is 2. The molecular formula is C20H27N3O3. The fraction of sp³-hybridized carbons (Fsp3) is 0.600. The minimum Gasteiger partial charge on any atom is -0.381 e. The van der Waals surface area contributed by atoms with Gasteiger partial charge in [-0.1, -0.05) is 18.2 Å². The maximum absolute atomic E-state index is 13.5. The van der Waals surface area contributed by atoms with Crippen molar-refractivity contribution in [1.82, 2.24) is 9.80 Å². The maximum atomic E-state index is 13.5. The van der Waals surface area contributed by atoms with E-state index in [1.807, 2.05) is 21.9 Å². The fourth-order valence-electron chi connectivity index (χ4n) is 4.61. The first-order chi connectivity index (χ1) is 12.5. The van der Waals surface area contributed by atoms with E-state index in [1.54, 1.807) is 19.0 Å². The van der Waals surface area contributed by atoms with Gasteiger partial charge in [0.25, 0.3) is 0 Å². The molecule has 1 spiro atoms. The van der Waals surface area contributed by atoms with Crippen LogP contribution in [0.5, 0.6) is 0 Å². The lowest BCUT2D eigenvalue weighted by molar-refractivity contribution is -0.124. The molecule has 1 aromatic rings. The Kier molecular flexibility index (Phi) is 4.39. The first-order valence-electron chi connectivity index (χ1n) is 9.48. The van der Waals surface area contributed by atoms with Crippen LogP contribution in [0.2, 0.25) is 0 Å². The number of hydrogen-bond acceptors (Lipinski definition) is 3. The van der Waals surface area contributed by atoms with Crippen LogP contribution in [0.1, 0.15) is 24.8 Å². The number of carbonyl (C=O) groups excluding carboxylic acids is 2. The van der Waals surface area contributed by atoms with E-state index in [9.17, 15) is 9.59 Å². The molecule has 6 nitrogen and oxygen atoms in total. The molecule has 3 aliphatic heterocycles. The van der Waals surface area contributed by atoms with Crippen LogP contribution < -0.4 is 4.90 Å². The van der Waals surface area contributed by atoms with Crippen LogP contribution in [0.4, 0.5) is 10.5 Å². The van der Waals surface area contributed by atoms with Crippen molar-refractivity contribution in [2.75, 3.05) is 51.8 Å². The van der Waals surface area contributed by atoms with Gasteiger partial charge in [-0.05, 0) is 30.9 Å². The molecule has 0 N–H and O–H groups in total. The number of hydrogen-bond donors (Lipinski definition) is 0. The normalized spacial score (nSPS) is 24.2. The molecule has 6 heteroatoms. The van der Waals surface area contributed by atoms with E-state index in [-0.39, 0.29) is 11.9 Å². The Labute approximate surface area is 154 Å². The van der Waals surface area contributed by atoms with Crippen molar-refractivity contribution in [2.24, 2.45) is 5.92 Å². The van der Waals surface area contributed by atoms with E-state index in [2.05, 4.69) is 12.1 Å². The molecule has 3 aliphatic rings. The summed E-state index contributed by atoms with van der Waals surface area (Å²) in [5.74, 6) is 0.625. The molecule has 0 aliphatic carbocycles. The standard InChI is InChI=1S/C20H27N3O3/c1-21(2)19(25)22-10-8-20(9-11-22)16-5-3-4-6-17(16)23(18(20)24)13-15-7-12-26-14-15/h3-6,15H,7-14H2,1-2H3/t15-/m0/s1. The molecule has 0 aromatic heterocycles. The summed E-state index contributed by atoms with van der Waals surface area (Å²) in [5, 5.41) is 0. The van der Waals surface area contributed by atoms with Gasteiger partial charge in [-0.15, -0.1) is 0 Å². The summed E-state index contributed by atoms with van der Waals surface area (Å²) in [6, 6.07) is 8.22. The van der Waals surface area contributed by atoms with Crippen molar-refractivity contribution in [1.29, 1.82) is 0 Å². The Bertz CT molecular complexity index is 704. The molecular weight excluding hydrogens is 330 g/mol. The SMILES string of the molecule is CN(C)C(=O)N1CCC2(CC1)C(=O)N(C[C@@H]1CCOC1)c1ccccc12. The zero-order chi connectivity index (χ0) is 18.3. The molecule has 0 saturated carbocycles. The van der Waals surface area contributed by atoms with Gasteiger partial charge in [-0.3, -0.25) is 4.79 Å². The lowest BCUT2D eigenvalue weighted by atomic mass is 9.73. The predicted molar refractivity (Wildman–Crippen MR) is 99.3 cm³/mol. The number of fused-ring (bicyclic) bond motifs is 2. The zero-order valence-corrected chi connectivity index (χ0v) is 15.6. The molecule has 4 rings (SSSR count). The van der Waals surface area contributed by atoms with E-state index < -0.39 is 5.41 Å². The summed E-state index contributed by atoms with van der Waals surface area (Å²) in [7, 11) is 3.54. The Morgan fingerprint density at radius 2 is 2.00 bits per heavy atom. The number of ether oxygens (including phenoxy) is 1. The van der Waals surface area contributed by atoms with E-state index in [0.29, 0.717) is 31.8 Å². The average molecular weight is 357 g/mol. The fourth-order valence-corrected chi connectivity index (χ4v) is 4.61. The summed E-state index contributed by atoms with van der Waals surface area (Å²) < 4.78 is 5.50. The third kappa shape index (κ3) is 2.67. The first kappa shape index (κ1) is 17.3. The molecule has 3 heterocycles. The molecule has 0 radical (unpaired) electrons. The Morgan fingerprint density at radius 3 is 2.65 bits per heavy atom. The molecule has 26 heavy (non-hydrogen) atoms. The van der Waals surface area contributed by atoms with Crippen molar-refractivity contribution < 1.29 is 14.3 Å². The van der Waals surface area contributed by atoms with Crippen molar-refractivity contribution >= 4 is 17.6 Å². The third-order valence-electron chi connectivity index (χ3n) is 6.10. The van der Waals surface area contributed by atoms with Crippen LogP contribution in [0.15, 0.2) is 24.3 Å². The Morgan fingerprint density at radius 1 is 1.27 bits per heavy atom. The van der Waals surface area contributed by atoms with Crippen LogP contribution in [0, 0.1) is 5.92 Å². The molecule has 3 amide bonds. The monoisotopic (exact) mass is 357 g/mol. The number of anilines is 1. The topological polar surface area (TPSA) is 53.1 Å². The predicted octanol–water partition coefficient (Wildman–Crippen LogP) is 2.08. The highest BCUT2D eigenvalue weighted by atomic mass is 16.5. The Balaban J connectivity index is 1.59. The van der Waals surface area contributed by atoms with E-state index >= 15 is 0 Å². The number of nitrogens with zero attached hydrogens (tertiary/aromatic N) is 3. The molecule has 2 fully saturated rings. The number of carbonyl (C=O) groups is 2. The third-order valence-corrected chi connectivity index (χ3v) is 6.10. The highest BCUT2D eigenvalue weighted by molar-refractivity contribution is 6.08. The van der Waals surface area contributed by atoms with Gasteiger partial charge in [0.05, 0.1) is 12.0 Å². The maximum Gasteiger partial charge on any atom is 0.319 e. The second kappa shape index (κ2) is 6.58. The summed E-state index contributed by atoms with van der Waals surface area (Å²) in [4.78, 5) is 31.2. The van der Waals surface area contributed by atoms with Crippen molar-refractivity contribution in [2.45, 2.75) is 24.7 Å². The number of amides is 3. The number of piperidine rings is 1. The highest BCUT2D eigenvalue weighted by Crippen LogP contribution is 2.48. The molecule has 140 valence electrons. The number of para-hydroxylation sites is 1. The van der Waals surface area contributed by atoms with Crippen LogP contribution in [-0.2, 0) is 14.9 Å². The van der Waals surface area contributed by atoms with Crippen molar-refractivity contribution in [3.05, 3.63) is 29.8 Å². The smallest absolute Gasteiger partial charge is 0.319 e. The van der Waals surface area contributed by atoms with Gasteiger partial charge in [0.2, 0.25) is 5.91 Å². The quantitative estimate of drug-likeness (QED) is 0.814. The van der Waals surface area contributed by atoms with E-state index in [4.69, 9.17) is 4.74 Å². The Hall–Kier alpha value is -2.08. The number of urea groups is 1. The summed E-state index contributed by atoms with van der Waals surface area (Å²) in [5.41, 5.74) is 1.72. The van der Waals surface area contributed by atoms with Crippen LogP contribution in [0.25, 0.3) is 0 Å². The molecule has 1 atom stereocenters. The van der Waals surface area contributed by atoms with E-state index in [1.165, 1.54) is 0 Å². The van der Waals surface area contributed by atoms with Gasteiger partial charge in [0.15, 0.2) is 0 Å². The largest absolute Gasteiger partial charge is 0.381 e. The second-order valence-corrected chi connectivity index (χ2v) is 7.91. The first-order valence-corrected chi connectivity index (χ1v) is 9.48. The highest BCUT2D eigenvalue weighted by Gasteiger charge is 2.52. The second-order valence-electron chi connectivity index (χ2n) is 7.91.